The molecule has 0 fully saturated rings. The average molecular weight is 281 g/mol. The average Bonchev–Trinajstić information content (AvgIpc) is 2.42. The highest BCUT2D eigenvalue weighted by Gasteiger charge is 2.13. The lowest BCUT2D eigenvalue weighted by molar-refractivity contribution is 0.0601. The first-order valence-electron chi connectivity index (χ1n) is 6.70. The zero-order valence-electron chi connectivity index (χ0n) is 12.3. The van der Waals surface area contributed by atoms with E-state index in [1.807, 2.05) is 0 Å². The number of nitrogens with zero attached hydrogens (tertiary/aromatic N) is 1. The Labute approximate surface area is 119 Å². The van der Waals surface area contributed by atoms with Crippen molar-refractivity contribution in [1.29, 1.82) is 0 Å². The van der Waals surface area contributed by atoms with Gasteiger partial charge >= 0.3 is 5.97 Å². The number of pyridine rings is 1. The molecule has 0 bridgehead atoms. The molecule has 1 aromatic heterocycles. The Morgan fingerprint density at radius 1 is 1.45 bits per heavy atom. The van der Waals surface area contributed by atoms with Crippen molar-refractivity contribution >= 4 is 17.5 Å². The molecule has 0 saturated heterocycles. The van der Waals surface area contributed by atoms with Crippen LogP contribution in [0.15, 0.2) is 12.3 Å². The predicted octanol–water partition coefficient (Wildman–Crippen LogP) is 1.93. The zero-order chi connectivity index (χ0) is 15.0. The van der Waals surface area contributed by atoms with Crippen LogP contribution in [0.1, 0.15) is 30.6 Å². The highest BCUT2D eigenvalue weighted by Crippen LogP contribution is 2.16. The van der Waals surface area contributed by atoms with Crippen molar-refractivity contribution in [1.82, 2.24) is 4.98 Å². The molecule has 0 amide bonds. The van der Waals surface area contributed by atoms with Gasteiger partial charge in [-0.15, -0.1) is 0 Å². The predicted molar refractivity (Wildman–Crippen MR) is 78.8 cm³/mol. The molecule has 20 heavy (non-hydrogen) atoms. The van der Waals surface area contributed by atoms with Crippen LogP contribution < -0.4 is 11.1 Å². The number of aromatic nitrogens is 1. The van der Waals surface area contributed by atoms with Crippen LogP contribution in [0.3, 0.4) is 0 Å². The molecule has 0 aromatic carbocycles. The minimum absolute atomic E-state index is 0.328. The number of rotatable bonds is 8. The van der Waals surface area contributed by atoms with Gasteiger partial charge in [0.1, 0.15) is 11.4 Å². The molecular weight excluding hydrogens is 258 g/mol. The van der Waals surface area contributed by atoms with Crippen molar-refractivity contribution in [2.75, 3.05) is 37.9 Å². The van der Waals surface area contributed by atoms with E-state index in [-0.39, 0.29) is 0 Å². The summed E-state index contributed by atoms with van der Waals surface area (Å²) in [6, 6.07) is 1.54. The molecule has 0 unspecified atom stereocenters. The fourth-order valence-electron chi connectivity index (χ4n) is 1.55. The number of hydrogen-bond donors (Lipinski definition) is 2. The van der Waals surface area contributed by atoms with Crippen LogP contribution in [0.4, 0.5) is 11.5 Å². The molecule has 1 heterocycles. The molecule has 1 aromatic rings. The number of nitrogens with one attached hydrogen (secondary N) is 1. The third-order valence-corrected chi connectivity index (χ3v) is 2.69. The third-order valence-electron chi connectivity index (χ3n) is 2.69. The number of nitrogens with two attached hydrogens (primary N) is 1. The summed E-state index contributed by atoms with van der Waals surface area (Å²) < 4.78 is 10.2. The van der Waals surface area contributed by atoms with Crippen LogP contribution in [0, 0.1) is 5.92 Å². The van der Waals surface area contributed by atoms with E-state index in [2.05, 4.69) is 24.1 Å². The quantitative estimate of drug-likeness (QED) is 0.559. The van der Waals surface area contributed by atoms with Gasteiger partial charge < -0.3 is 20.5 Å². The molecule has 0 spiro atoms. The second-order valence-corrected chi connectivity index (χ2v) is 4.88. The Kier molecular flexibility index (Phi) is 6.79. The van der Waals surface area contributed by atoms with Gasteiger partial charge in [0, 0.05) is 13.2 Å². The molecule has 0 aliphatic rings. The number of carbonyl (C=O) groups is 1. The highest BCUT2D eigenvalue weighted by atomic mass is 16.5. The van der Waals surface area contributed by atoms with E-state index in [0.29, 0.717) is 36.1 Å². The molecule has 0 radical (unpaired) electrons. The minimum atomic E-state index is -0.465. The van der Waals surface area contributed by atoms with Crippen molar-refractivity contribution < 1.29 is 14.3 Å². The number of anilines is 2. The first-order valence-corrected chi connectivity index (χ1v) is 6.70. The smallest absolute Gasteiger partial charge is 0.341 e. The number of nitrogen functional groups attached to an aromatic ring is 1. The topological polar surface area (TPSA) is 86.5 Å². The molecule has 6 heteroatoms. The molecule has 0 saturated carbocycles. The van der Waals surface area contributed by atoms with Gasteiger partial charge in [0.25, 0.3) is 0 Å². The maximum atomic E-state index is 11.6. The second-order valence-electron chi connectivity index (χ2n) is 4.88. The van der Waals surface area contributed by atoms with Crippen molar-refractivity contribution in [2.24, 2.45) is 5.92 Å². The molecule has 0 aliphatic carbocycles. The van der Waals surface area contributed by atoms with Gasteiger partial charge in [0.15, 0.2) is 0 Å². The van der Waals surface area contributed by atoms with Gasteiger partial charge in [-0.3, -0.25) is 0 Å². The van der Waals surface area contributed by atoms with Crippen LogP contribution in [-0.4, -0.2) is 37.8 Å². The summed E-state index contributed by atoms with van der Waals surface area (Å²) in [6.07, 6.45) is 2.53. The maximum Gasteiger partial charge on any atom is 0.341 e. The van der Waals surface area contributed by atoms with Gasteiger partial charge in [-0.2, -0.15) is 0 Å². The minimum Gasteiger partial charge on any atom is -0.465 e. The lowest BCUT2D eigenvalue weighted by Crippen LogP contribution is -2.15. The number of ether oxygens (including phenoxy) is 2. The summed E-state index contributed by atoms with van der Waals surface area (Å²) in [5.74, 6) is 0.624. The summed E-state index contributed by atoms with van der Waals surface area (Å²) in [5, 5.41) is 3.05. The van der Waals surface area contributed by atoms with Crippen LogP contribution in [0.5, 0.6) is 0 Å². The standard InChI is InChI=1S/C14H23N3O3/c1-10(2)4-6-20-7-5-16-13-12(14(18)19-3)8-11(15)9-17-13/h8-10H,4-7,15H2,1-3H3,(H,16,17). The Morgan fingerprint density at radius 2 is 2.20 bits per heavy atom. The largest absolute Gasteiger partial charge is 0.465 e. The zero-order valence-corrected chi connectivity index (χ0v) is 12.3. The Bertz CT molecular complexity index is 436. The summed E-state index contributed by atoms with van der Waals surface area (Å²) in [5.41, 5.74) is 6.37. The van der Waals surface area contributed by atoms with Crippen molar-refractivity contribution in [2.45, 2.75) is 20.3 Å². The van der Waals surface area contributed by atoms with E-state index in [0.717, 1.165) is 13.0 Å². The highest BCUT2D eigenvalue weighted by molar-refractivity contribution is 5.95. The van der Waals surface area contributed by atoms with Gasteiger partial charge in [-0.25, -0.2) is 9.78 Å². The van der Waals surface area contributed by atoms with Gasteiger partial charge in [-0.1, -0.05) is 13.8 Å². The number of methoxy groups -OCH3 is 1. The first-order chi connectivity index (χ1) is 9.54. The lowest BCUT2D eigenvalue weighted by atomic mass is 10.1. The van der Waals surface area contributed by atoms with E-state index in [9.17, 15) is 4.79 Å². The van der Waals surface area contributed by atoms with E-state index in [1.54, 1.807) is 6.07 Å². The molecule has 112 valence electrons. The fourth-order valence-corrected chi connectivity index (χ4v) is 1.55. The molecular formula is C14H23N3O3. The Hall–Kier alpha value is -1.82. The van der Waals surface area contributed by atoms with Crippen LogP contribution >= 0.6 is 0 Å². The number of hydrogen-bond acceptors (Lipinski definition) is 6. The number of carbonyl (C=O) groups excluding carboxylic acids is 1. The van der Waals surface area contributed by atoms with E-state index in [4.69, 9.17) is 15.2 Å². The number of esters is 1. The molecule has 6 nitrogen and oxygen atoms in total. The van der Waals surface area contributed by atoms with Gasteiger partial charge in [0.05, 0.1) is 25.6 Å². The van der Waals surface area contributed by atoms with Crippen molar-refractivity contribution in [3.63, 3.8) is 0 Å². The summed E-state index contributed by atoms with van der Waals surface area (Å²) >= 11 is 0. The molecule has 0 atom stereocenters. The van der Waals surface area contributed by atoms with E-state index >= 15 is 0 Å². The maximum absolute atomic E-state index is 11.6. The van der Waals surface area contributed by atoms with Crippen LogP contribution in [-0.2, 0) is 9.47 Å². The molecule has 1 rings (SSSR count). The summed E-state index contributed by atoms with van der Waals surface area (Å²) in [7, 11) is 1.32. The van der Waals surface area contributed by atoms with Gasteiger partial charge in [0.2, 0.25) is 0 Å². The van der Waals surface area contributed by atoms with Crippen molar-refractivity contribution in [3.8, 4) is 0 Å². The van der Waals surface area contributed by atoms with Crippen molar-refractivity contribution in [3.05, 3.63) is 17.8 Å². The SMILES string of the molecule is COC(=O)c1cc(N)cnc1NCCOCCC(C)C. The molecule has 3 N–H and O–H groups in total. The lowest BCUT2D eigenvalue weighted by Gasteiger charge is -2.11. The van der Waals surface area contributed by atoms with E-state index in [1.165, 1.54) is 13.3 Å². The molecule has 0 aliphatic heterocycles. The van der Waals surface area contributed by atoms with Crippen LogP contribution in [0.2, 0.25) is 0 Å². The Morgan fingerprint density at radius 3 is 2.85 bits per heavy atom. The Balaban J connectivity index is 2.45. The fraction of sp³-hybridized carbons (Fsp3) is 0.571. The summed E-state index contributed by atoms with van der Waals surface area (Å²) in [6.45, 7) is 6.17. The third kappa shape index (κ3) is 5.44. The van der Waals surface area contributed by atoms with Crippen LogP contribution in [0.25, 0.3) is 0 Å². The normalized spacial score (nSPS) is 10.6. The van der Waals surface area contributed by atoms with Gasteiger partial charge in [-0.05, 0) is 18.4 Å². The summed E-state index contributed by atoms with van der Waals surface area (Å²) in [4.78, 5) is 15.7. The van der Waals surface area contributed by atoms with E-state index < -0.39 is 5.97 Å². The monoisotopic (exact) mass is 281 g/mol. The first kappa shape index (κ1) is 16.2. The second kappa shape index (κ2) is 8.37.